The smallest absolute Gasteiger partial charge is 0.0840 e. The molecule has 2 aliphatic rings. The quantitative estimate of drug-likeness (QED) is 0.150. The maximum Gasteiger partial charge on any atom is 0.0840 e. The Morgan fingerprint density at radius 1 is 0.318 bits per heavy atom. The zero-order valence-corrected chi connectivity index (χ0v) is 36.9. The molecule has 66 heavy (non-hydrogen) atoms. The second kappa shape index (κ2) is 15.5. The lowest BCUT2D eigenvalue weighted by Crippen LogP contribution is -2.28. The number of para-hydroxylation sites is 2. The van der Waals surface area contributed by atoms with Crippen LogP contribution < -0.4 is 9.80 Å². The first-order chi connectivity index (χ1) is 32.8. The van der Waals surface area contributed by atoms with Crippen LogP contribution >= 0.6 is 11.3 Å². The standard InChI is InChI=1S/C63H42N2S/c1-5-19-43(20-6-1)45-35-37-49(38-36-45)64(50-28-17-23-46(41-50)44-21-7-2-8-22-44)51-39-40-54-57(42-51)63(62-60(54)55-30-14-16-34-59(55)66-62)56-32-15-13-29-52(56)53-31-18-33-58(61(53)63)65(47-24-9-3-10-25-47)48-26-11-4-12-27-48/h1-42H. The van der Waals surface area contributed by atoms with Gasteiger partial charge in [-0.25, -0.2) is 0 Å². The molecule has 10 aromatic carbocycles. The average molecular weight is 859 g/mol. The number of hydrogen-bond acceptors (Lipinski definition) is 3. The molecule has 0 bridgehead atoms. The summed E-state index contributed by atoms with van der Waals surface area (Å²) in [6.07, 6.45) is 0. The summed E-state index contributed by atoms with van der Waals surface area (Å²) in [5, 5.41) is 1.30. The van der Waals surface area contributed by atoms with Gasteiger partial charge in [0.1, 0.15) is 0 Å². The van der Waals surface area contributed by atoms with Crippen LogP contribution in [0.15, 0.2) is 255 Å². The molecule has 2 aliphatic carbocycles. The summed E-state index contributed by atoms with van der Waals surface area (Å²) in [5.41, 5.74) is 20.0. The third-order valence-electron chi connectivity index (χ3n) is 13.6. The van der Waals surface area contributed by atoms with E-state index in [1.165, 1.54) is 81.8 Å². The molecule has 3 heteroatoms. The molecule has 11 aromatic rings. The van der Waals surface area contributed by atoms with Crippen molar-refractivity contribution in [2.24, 2.45) is 0 Å². The minimum Gasteiger partial charge on any atom is -0.310 e. The van der Waals surface area contributed by atoms with Gasteiger partial charge in [-0.15, -0.1) is 11.3 Å². The van der Waals surface area contributed by atoms with Gasteiger partial charge in [0.05, 0.1) is 11.1 Å². The van der Waals surface area contributed by atoms with Crippen LogP contribution in [0, 0.1) is 0 Å². The van der Waals surface area contributed by atoms with Crippen molar-refractivity contribution in [3.63, 3.8) is 0 Å². The number of fused-ring (bicyclic) bond motifs is 12. The van der Waals surface area contributed by atoms with Crippen molar-refractivity contribution >= 4 is 55.5 Å². The predicted octanol–water partition coefficient (Wildman–Crippen LogP) is 17.5. The van der Waals surface area contributed by atoms with Crippen molar-refractivity contribution in [2.75, 3.05) is 9.80 Å². The molecule has 0 radical (unpaired) electrons. The van der Waals surface area contributed by atoms with Gasteiger partial charge in [-0.05, 0) is 123 Å². The Balaban J connectivity index is 1.10. The lowest BCUT2D eigenvalue weighted by molar-refractivity contribution is 0.810. The van der Waals surface area contributed by atoms with Crippen LogP contribution in [0.4, 0.5) is 34.1 Å². The average Bonchev–Trinajstić information content (AvgIpc) is 4.02. The summed E-state index contributed by atoms with van der Waals surface area (Å²) in [4.78, 5) is 6.30. The number of nitrogens with zero attached hydrogens (tertiary/aromatic N) is 2. The van der Waals surface area contributed by atoms with E-state index in [4.69, 9.17) is 0 Å². The summed E-state index contributed by atoms with van der Waals surface area (Å²) in [6.45, 7) is 0. The fourth-order valence-corrected chi connectivity index (χ4v) is 12.3. The summed E-state index contributed by atoms with van der Waals surface area (Å²) in [5.74, 6) is 0. The first kappa shape index (κ1) is 38.2. The van der Waals surface area contributed by atoms with Gasteiger partial charge in [-0.2, -0.15) is 0 Å². The largest absolute Gasteiger partial charge is 0.310 e. The van der Waals surface area contributed by atoms with Crippen molar-refractivity contribution in [1.29, 1.82) is 0 Å². The molecule has 13 rings (SSSR count). The van der Waals surface area contributed by atoms with Crippen LogP contribution in [-0.2, 0) is 5.41 Å². The highest BCUT2D eigenvalue weighted by Crippen LogP contribution is 2.68. The fourth-order valence-electron chi connectivity index (χ4n) is 10.9. The van der Waals surface area contributed by atoms with Crippen molar-refractivity contribution in [3.8, 4) is 44.5 Å². The summed E-state index contributed by atoms with van der Waals surface area (Å²) in [6, 6.07) is 93.6. The highest BCUT2D eigenvalue weighted by Gasteiger charge is 2.55. The lowest BCUT2D eigenvalue weighted by atomic mass is 9.73. The number of hydrogen-bond donors (Lipinski definition) is 0. The lowest BCUT2D eigenvalue weighted by Gasteiger charge is -2.35. The molecule has 1 aromatic heterocycles. The van der Waals surface area contributed by atoms with Gasteiger partial charge >= 0.3 is 0 Å². The summed E-state index contributed by atoms with van der Waals surface area (Å²) < 4.78 is 1.31. The molecule has 0 N–H and O–H groups in total. The fraction of sp³-hybridized carbons (Fsp3) is 0.0159. The monoisotopic (exact) mass is 858 g/mol. The van der Waals surface area contributed by atoms with Gasteiger partial charge < -0.3 is 9.80 Å². The van der Waals surface area contributed by atoms with Crippen LogP contribution in [0.5, 0.6) is 0 Å². The zero-order valence-electron chi connectivity index (χ0n) is 36.1. The highest BCUT2D eigenvalue weighted by molar-refractivity contribution is 7.20. The van der Waals surface area contributed by atoms with E-state index in [0.717, 1.165) is 28.4 Å². The molecule has 0 aliphatic heterocycles. The minimum atomic E-state index is -0.622. The number of anilines is 6. The van der Waals surface area contributed by atoms with Crippen molar-refractivity contribution in [2.45, 2.75) is 5.41 Å². The molecule has 1 unspecified atom stereocenters. The normalized spacial score (nSPS) is 14.1. The van der Waals surface area contributed by atoms with Crippen molar-refractivity contribution in [3.05, 3.63) is 276 Å². The van der Waals surface area contributed by atoms with E-state index < -0.39 is 5.41 Å². The van der Waals surface area contributed by atoms with E-state index in [1.807, 2.05) is 11.3 Å². The molecule has 1 heterocycles. The maximum atomic E-state index is 2.52. The van der Waals surface area contributed by atoms with E-state index in [-0.39, 0.29) is 0 Å². The summed E-state index contributed by atoms with van der Waals surface area (Å²) >= 11 is 1.95. The second-order valence-electron chi connectivity index (χ2n) is 17.2. The Morgan fingerprint density at radius 3 is 1.56 bits per heavy atom. The molecule has 310 valence electrons. The zero-order chi connectivity index (χ0) is 43.6. The third-order valence-corrected chi connectivity index (χ3v) is 14.9. The van der Waals surface area contributed by atoms with Crippen LogP contribution in [0.25, 0.3) is 54.6 Å². The Labute approximate surface area is 389 Å². The molecule has 2 nitrogen and oxygen atoms in total. The van der Waals surface area contributed by atoms with E-state index in [9.17, 15) is 0 Å². The van der Waals surface area contributed by atoms with E-state index in [1.54, 1.807) is 0 Å². The topological polar surface area (TPSA) is 6.48 Å². The first-order valence-corrected chi connectivity index (χ1v) is 23.5. The van der Waals surface area contributed by atoms with Crippen molar-refractivity contribution < 1.29 is 0 Å². The Bertz CT molecular complexity index is 3540. The molecular formula is C63H42N2S. The number of benzene rings is 10. The van der Waals surface area contributed by atoms with E-state index in [2.05, 4.69) is 265 Å². The highest BCUT2D eigenvalue weighted by atomic mass is 32.1. The third kappa shape index (κ3) is 5.87. The molecular weight excluding hydrogens is 817 g/mol. The van der Waals surface area contributed by atoms with Crippen LogP contribution in [-0.4, -0.2) is 0 Å². The van der Waals surface area contributed by atoms with Crippen LogP contribution in [0.3, 0.4) is 0 Å². The van der Waals surface area contributed by atoms with Crippen LogP contribution in [0.1, 0.15) is 21.6 Å². The van der Waals surface area contributed by atoms with Gasteiger partial charge in [0.25, 0.3) is 0 Å². The van der Waals surface area contributed by atoms with E-state index in [0.29, 0.717) is 0 Å². The van der Waals surface area contributed by atoms with Gasteiger partial charge in [0.2, 0.25) is 0 Å². The summed E-state index contributed by atoms with van der Waals surface area (Å²) in [7, 11) is 0. The van der Waals surface area contributed by atoms with Gasteiger partial charge in [0, 0.05) is 54.5 Å². The van der Waals surface area contributed by atoms with E-state index >= 15 is 0 Å². The molecule has 1 spiro atoms. The Hall–Kier alpha value is -8.24. The predicted molar refractivity (Wildman–Crippen MR) is 278 cm³/mol. The molecule has 0 amide bonds. The second-order valence-corrected chi connectivity index (χ2v) is 18.3. The van der Waals surface area contributed by atoms with Crippen LogP contribution in [0.2, 0.25) is 0 Å². The Kier molecular flexibility index (Phi) is 8.97. The molecule has 0 saturated carbocycles. The number of thiophene rings is 1. The van der Waals surface area contributed by atoms with Crippen molar-refractivity contribution in [1.82, 2.24) is 0 Å². The van der Waals surface area contributed by atoms with Gasteiger partial charge in [-0.1, -0.05) is 182 Å². The van der Waals surface area contributed by atoms with Gasteiger partial charge in [-0.3, -0.25) is 0 Å². The number of rotatable bonds is 8. The first-order valence-electron chi connectivity index (χ1n) is 22.7. The molecule has 1 atom stereocenters. The maximum absolute atomic E-state index is 2.52. The molecule has 0 fully saturated rings. The minimum absolute atomic E-state index is 0.622. The van der Waals surface area contributed by atoms with Gasteiger partial charge in [0.15, 0.2) is 0 Å². The molecule has 0 saturated heterocycles. The Morgan fingerprint density at radius 2 is 0.833 bits per heavy atom. The SMILES string of the molecule is c1ccc(-c2ccc(N(c3cccc(-c4ccccc4)c3)c3ccc4c(c3)C3(c5ccccc5-c5cccc(N(c6ccccc6)c6ccccc6)c53)c3sc5ccccc5c3-4)cc2)cc1.